The predicted molar refractivity (Wildman–Crippen MR) is 135 cm³/mol. The molecule has 1 N–H and O–H groups in total. The summed E-state index contributed by atoms with van der Waals surface area (Å²) in [5, 5.41) is 5.47. The van der Waals surface area contributed by atoms with Gasteiger partial charge in [0.05, 0.1) is 17.8 Å². The fourth-order valence-corrected chi connectivity index (χ4v) is 4.71. The highest BCUT2D eigenvalue weighted by Crippen LogP contribution is 2.30. The van der Waals surface area contributed by atoms with Gasteiger partial charge in [0.2, 0.25) is 5.95 Å². The van der Waals surface area contributed by atoms with Gasteiger partial charge in [0.25, 0.3) is 11.5 Å². The molecule has 0 radical (unpaired) electrons. The van der Waals surface area contributed by atoms with Crippen molar-refractivity contribution < 1.29 is 18.0 Å². The van der Waals surface area contributed by atoms with E-state index in [2.05, 4.69) is 5.32 Å². The molecule has 1 aromatic carbocycles. The molecule has 0 unspecified atom stereocenters. The van der Waals surface area contributed by atoms with E-state index in [1.807, 2.05) is 5.01 Å². The van der Waals surface area contributed by atoms with Gasteiger partial charge in [0, 0.05) is 36.6 Å². The van der Waals surface area contributed by atoms with E-state index in [0.29, 0.717) is 59.4 Å². The van der Waals surface area contributed by atoms with Gasteiger partial charge in [-0.1, -0.05) is 17.8 Å². The van der Waals surface area contributed by atoms with Gasteiger partial charge in [-0.05, 0) is 42.7 Å². The first-order valence-electron chi connectivity index (χ1n) is 11.9. The molecule has 0 saturated carbocycles. The average molecular weight is 531 g/mol. The number of fused-ring (bicyclic) bond motifs is 1. The third-order valence-corrected chi connectivity index (χ3v) is 6.81. The van der Waals surface area contributed by atoms with Crippen molar-refractivity contribution in [2.75, 3.05) is 30.0 Å². The SMILES string of the molecule is O=C(c1ccc(Cl)cc1)N1CCc2nc(NC=C3C=CC(C(F)(F)F)=C[CH-]3)n(N3CCCC3)c(=O)c2C1. The van der Waals surface area contributed by atoms with Gasteiger partial charge in [-0.15, -0.1) is 30.2 Å². The van der Waals surface area contributed by atoms with Crippen LogP contribution in [0.3, 0.4) is 0 Å². The predicted octanol–water partition coefficient (Wildman–Crippen LogP) is 4.39. The van der Waals surface area contributed by atoms with Crippen molar-refractivity contribution in [3.63, 3.8) is 0 Å². The summed E-state index contributed by atoms with van der Waals surface area (Å²) in [6.07, 6.45) is 4.09. The van der Waals surface area contributed by atoms with Crippen molar-refractivity contribution in [2.24, 2.45) is 0 Å². The highest BCUT2D eigenvalue weighted by Gasteiger charge is 2.29. The molecular weight excluding hydrogens is 507 g/mol. The second-order valence-electron chi connectivity index (χ2n) is 9.03. The van der Waals surface area contributed by atoms with Crippen LogP contribution in [0.25, 0.3) is 0 Å². The molecule has 37 heavy (non-hydrogen) atoms. The summed E-state index contributed by atoms with van der Waals surface area (Å²) in [5.74, 6) is 0.107. The second-order valence-corrected chi connectivity index (χ2v) is 9.47. The monoisotopic (exact) mass is 530 g/mol. The van der Waals surface area contributed by atoms with Gasteiger partial charge >= 0.3 is 6.18 Å². The zero-order valence-electron chi connectivity index (χ0n) is 19.8. The summed E-state index contributed by atoms with van der Waals surface area (Å²) in [5.41, 5.74) is 1.06. The molecule has 0 atom stereocenters. The molecular formula is C26H24ClF3N5O2-. The van der Waals surface area contributed by atoms with Crippen LogP contribution >= 0.6 is 11.6 Å². The summed E-state index contributed by atoms with van der Waals surface area (Å²) in [6, 6.07) is 6.62. The van der Waals surface area contributed by atoms with Crippen molar-refractivity contribution in [3.05, 3.63) is 98.5 Å². The maximum Gasteiger partial charge on any atom is 0.381 e. The van der Waals surface area contributed by atoms with Crippen LogP contribution in [0.1, 0.15) is 34.5 Å². The number of carbonyl (C=O) groups is 1. The molecule has 11 heteroatoms. The van der Waals surface area contributed by atoms with Gasteiger partial charge in [-0.2, -0.15) is 17.8 Å². The number of nitrogens with one attached hydrogen (secondary N) is 1. The van der Waals surface area contributed by atoms with Crippen LogP contribution < -0.4 is 15.9 Å². The number of amides is 1. The minimum absolute atomic E-state index is 0.138. The lowest BCUT2D eigenvalue weighted by molar-refractivity contribution is -0.0883. The molecule has 1 amide bonds. The number of benzene rings is 1. The topological polar surface area (TPSA) is 70.5 Å². The van der Waals surface area contributed by atoms with E-state index in [0.717, 1.165) is 25.0 Å². The number of aromatic nitrogens is 2. The number of rotatable bonds is 4. The Hall–Kier alpha value is -3.66. The van der Waals surface area contributed by atoms with E-state index >= 15 is 0 Å². The number of hydrogen-bond acceptors (Lipinski definition) is 5. The molecule has 2 aliphatic heterocycles. The molecule has 1 aromatic heterocycles. The molecule has 1 aliphatic carbocycles. The lowest BCUT2D eigenvalue weighted by Gasteiger charge is -2.31. The smallest absolute Gasteiger partial charge is 0.370 e. The average Bonchev–Trinajstić information content (AvgIpc) is 3.41. The molecule has 7 nitrogen and oxygen atoms in total. The van der Waals surface area contributed by atoms with Gasteiger partial charge in [0.1, 0.15) is 0 Å². The first kappa shape index (κ1) is 25.0. The number of anilines is 1. The van der Waals surface area contributed by atoms with Crippen LogP contribution in [0, 0.1) is 6.42 Å². The van der Waals surface area contributed by atoms with Gasteiger partial charge in [-0.25, -0.2) is 4.98 Å². The summed E-state index contributed by atoms with van der Waals surface area (Å²) in [4.78, 5) is 33.1. The van der Waals surface area contributed by atoms with Crippen LogP contribution in [0.2, 0.25) is 5.02 Å². The number of allylic oxidation sites excluding steroid dienone is 5. The first-order valence-corrected chi connectivity index (χ1v) is 12.3. The summed E-state index contributed by atoms with van der Waals surface area (Å²) in [6.45, 7) is 1.88. The van der Waals surface area contributed by atoms with Crippen LogP contribution in [0.15, 0.2) is 64.6 Å². The van der Waals surface area contributed by atoms with E-state index in [1.54, 1.807) is 29.2 Å². The number of halogens is 4. The van der Waals surface area contributed by atoms with Gasteiger partial charge in [-0.3, -0.25) is 9.59 Å². The fraction of sp³-hybridized carbons (Fsp3) is 0.308. The second kappa shape index (κ2) is 10.0. The minimum Gasteiger partial charge on any atom is -0.370 e. The highest BCUT2D eigenvalue weighted by molar-refractivity contribution is 6.30. The largest absolute Gasteiger partial charge is 0.381 e. The number of carbonyl (C=O) groups excluding carboxylic acids is 1. The number of hydrogen-bond donors (Lipinski definition) is 1. The lowest BCUT2D eigenvalue weighted by Crippen LogP contribution is -2.47. The maximum atomic E-state index is 13.7. The molecule has 3 aliphatic rings. The third-order valence-electron chi connectivity index (χ3n) is 6.56. The summed E-state index contributed by atoms with van der Waals surface area (Å²) in [7, 11) is 0. The van der Waals surface area contributed by atoms with Crippen molar-refractivity contribution in [1.29, 1.82) is 0 Å². The van der Waals surface area contributed by atoms with Crippen LogP contribution in [-0.4, -0.2) is 46.3 Å². The Bertz CT molecular complexity index is 1360. The quantitative estimate of drug-likeness (QED) is 0.594. The van der Waals surface area contributed by atoms with Gasteiger partial charge in [0.15, 0.2) is 0 Å². The zero-order chi connectivity index (χ0) is 26.2. The molecule has 0 spiro atoms. The van der Waals surface area contributed by atoms with E-state index in [1.165, 1.54) is 23.4 Å². The van der Waals surface area contributed by atoms with Crippen molar-refractivity contribution >= 4 is 23.5 Å². The highest BCUT2D eigenvalue weighted by atomic mass is 35.5. The van der Waals surface area contributed by atoms with Crippen LogP contribution in [0.4, 0.5) is 19.1 Å². The van der Waals surface area contributed by atoms with Crippen LogP contribution in [0.5, 0.6) is 0 Å². The van der Waals surface area contributed by atoms with E-state index in [-0.39, 0.29) is 18.0 Å². The Labute approximate surface area is 216 Å². The van der Waals surface area contributed by atoms with E-state index in [4.69, 9.17) is 16.6 Å². The Kier molecular flexibility index (Phi) is 6.76. The fourth-order valence-electron chi connectivity index (χ4n) is 4.59. The van der Waals surface area contributed by atoms with Crippen molar-refractivity contribution in [3.8, 4) is 0 Å². The van der Waals surface area contributed by atoms with E-state index in [9.17, 15) is 22.8 Å². The van der Waals surface area contributed by atoms with Crippen LogP contribution in [-0.2, 0) is 13.0 Å². The first-order chi connectivity index (χ1) is 17.7. The molecule has 1 saturated heterocycles. The zero-order valence-corrected chi connectivity index (χ0v) is 20.5. The molecule has 2 aromatic rings. The Morgan fingerprint density at radius 2 is 1.84 bits per heavy atom. The standard InChI is InChI=1S/C26H24ClF3N5O2/c27-20-9-5-18(6-10-20)23(36)33-14-11-22-21(16-33)24(37)35(34-12-1-2-13-34)25(32-22)31-15-17-3-7-19(8-4-17)26(28,29)30/h3-10,15H,1-2,11-14,16H2,(H,31,32)/q-1. The molecule has 194 valence electrons. The third kappa shape index (κ3) is 5.24. The summed E-state index contributed by atoms with van der Waals surface area (Å²) < 4.78 is 40.1. The maximum absolute atomic E-state index is 13.7. The molecule has 0 bridgehead atoms. The minimum atomic E-state index is -4.41. The Morgan fingerprint density at radius 1 is 1.11 bits per heavy atom. The number of nitrogens with zero attached hydrogens (tertiary/aromatic N) is 4. The Morgan fingerprint density at radius 3 is 2.49 bits per heavy atom. The normalized spacial score (nSPS) is 18.5. The Balaban J connectivity index is 1.42. The number of alkyl halides is 3. The van der Waals surface area contributed by atoms with E-state index < -0.39 is 11.7 Å². The molecule has 1 fully saturated rings. The van der Waals surface area contributed by atoms with Gasteiger partial charge < -0.3 is 15.2 Å². The van der Waals surface area contributed by atoms with Crippen molar-refractivity contribution in [2.45, 2.75) is 32.0 Å². The summed E-state index contributed by atoms with van der Waals surface area (Å²) >= 11 is 5.94. The lowest BCUT2D eigenvalue weighted by atomic mass is 10.0. The molecule has 3 heterocycles. The van der Waals surface area contributed by atoms with Crippen molar-refractivity contribution in [1.82, 2.24) is 14.6 Å². The molecule has 5 rings (SSSR count).